The molecule has 17 heteroatoms. The van der Waals surface area contributed by atoms with E-state index in [1.807, 2.05) is 0 Å². The number of nitrogens with two attached hydrogens (primary N) is 1. The van der Waals surface area contributed by atoms with E-state index in [1.165, 1.54) is 18.2 Å². The Hall–Kier alpha value is -4.71. The van der Waals surface area contributed by atoms with E-state index in [0.29, 0.717) is 79.9 Å². The predicted octanol–water partition coefficient (Wildman–Crippen LogP) is 4.01. The van der Waals surface area contributed by atoms with Crippen molar-refractivity contribution >= 4 is 27.5 Å². The third kappa shape index (κ3) is 9.64. The van der Waals surface area contributed by atoms with Crippen molar-refractivity contribution in [2.45, 2.75) is 68.1 Å². The predicted molar refractivity (Wildman–Crippen MR) is 191 cm³/mol. The van der Waals surface area contributed by atoms with Gasteiger partial charge in [-0.15, -0.1) is 10.2 Å². The maximum absolute atomic E-state index is 14.4. The highest BCUT2D eigenvalue weighted by Gasteiger charge is 2.36. The van der Waals surface area contributed by atoms with E-state index in [4.69, 9.17) is 5.73 Å². The SMILES string of the molecule is NCC1CCC(C(=O)N[C@@H](Cc2ccc(-c3ccc(S(=O)(=O)NC4CCNCC4)cc3C(F)(F)F)cc2)C(=O)Nc2ccc(-c3nn[nH]n3)cc2)CC1. The van der Waals surface area contributed by atoms with Crippen LogP contribution in [0.5, 0.6) is 0 Å². The smallest absolute Gasteiger partial charge is 0.344 e. The topological polar surface area (TPSA) is 197 Å². The second kappa shape index (κ2) is 16.5. The van der Waals surface area contributed by atoms with Gasteiger partial charge in [-0.1, -0.05) is 30.3 Å². The number of anilines is 1. The number of alkyl halides is 3. The van der Waals surface area contributed by atoms with Crippen molar-refractivity contribution in [3.05, 3.63) is 77.9 Å². The lowest BCUT2D eigenvalue weighted by atomic mass is 9.81. The Bertz CT molecular complexity index is 1960. The second-order valence-electron chi connectivity index (χ2n) is 13.6. The highest BCUT2D eigenvalue weighted by atomic mass is 32.2. The molecule has 13 nitrogen and oxygen atoms in total. The maximum Gasteiger partial charge on any atom is 0.417 e. The average Bonchev–Trinajstić information content (AvgIpc) is 3.70. The van der Waals surface area contributed by atoms with E-state index in [0.717, 1.165) is 18.9 Å². The van der Waals surface area contributed by atoms with Gasteiger partial charge >= 0.3 is 6.18 Å². The molecular weight excluding hydrogens is 712 g/mol. The van der Waals surface area contributed by atoms with Gasteiger partial charge in [0.25, 0.3) is 0 Å². The summed E-state index contributed by atoms with van der Waals surface area (Å²) in [4.78, 5) is 26.6. The molecule has 0 unspecified atom stereocenters. The number of sulfonamides is 1. The lowest BCUT2D eigenvalue weighted by Crippen LogP contribution is -2.48. The van der Waals surface area contributed by atoms with Crippen LogP contribution in [0.25, 0.3) is 22.5 Å². The lowest BCUT2D eigenvalue weighted by Gasteiger charge is -2.28. The molecule has 0 radical (unpaired) electrons. The number of aromatic amines is 1. The molecule has 2 heterocycles. The summed E-state index contributed by atoms with van der Waals surface area (Å²) in [5.74, 6) is -0.244. The third-order valence-electron chi connectivity index (χ3n) is 9.91. The minimum absolute atomic E-state index is 0.0581. The molecule has 3 aromatic carbocycles. The summed E-state index contributed by atoms with van der Waals surface area (Å²) < 4.78 is 71.7. The van der Waals surface area contributed by atoms with Gasteiger partial charge < -0.3 is 21.7 Å². The van der Waals surface area contributed by atoms with Crippen molar-refractivity contribution < 1.29 is 31.2 Å². The molecule has 53 heavy (non-hydrogen) atoms. The monoisotopic (exact) mass is 753 g/mol. The number of rotatable bonds is 12. The largest absolute Gasteiger partial charge is 0.417 e. The summed E-state index contributed by atoms with van der Waals surface area (Å²) in [5.41, 5.74) is 6.49. The number of piperidine rings is 1. The van der Waals surface area contributed by atoms with Gasteiger partial charge in [0.2, 0.25) is 27.7 Å². The number of nitrogens with zero attached hydrogens (tertiary/aromatic N) is 3. The van der Waals surface area contributed by atoms with Crippen LogP contribution < -0.4 is 26.4 Å². The zero-order valence-corrected chi connectivity index (χ0v) is 29.6. The number of hydrogen-bond donors (Lipinski definition) is 6. The number of benzene rings is 3. The number of nitrogens with one attached hydrogen (secondary N) is 5. The normalized spacial score (nSPS) is 19.0. The van der Waals surface area contributed by atoms with Gasteiger partial charge in [0.05, 0.1) is 10.5 Å². The summed E-state index contributed by atoms with van der Waals surface area (Å²) in [6.45, 7) is 1.78. The lowest BCUT2D eigenvalue weighted by molar-refractivity contribution is -0.137. The molecule has 2 fully saturated rings. The Morgan fingerprint density at radius 2 is 1.58 bits per heavy atom. The molecule has 282 valence electrons. The molecule has 1 aliphatic carbocycles. The van der Waals surface area contributed by atoms with Crippen LogP contribution in [-0.4, -0.2) is 72.6 Å². The Kier molecular flexibility index (Phi) is 11.9. The number of aromatic nitrogens is 4. The molecule has 2 aliphatic rings. The zero-order chi connectivity index (χ0) is 37.6. The van der Waals surface area contributed by atoms with E-state index < -0.39 is 38.6 Å². The van der Waals surface area contributed by atoms with Crippen molar-refractivity contribution in [1.82, 2.24) is 36.0 Å². The van der Waals surface area contributed by atoms with Gasteiger partial charge in [-0.2, -0.15) is 18.4 Å². The summed E-state index contributed by atoms with van der Waals surface area (Å²) >= 11 is 0. The van der Waals surface area contributed by atoms with E-state index >= 15 is 0 Å². The molecule has 1 saturated carbocycles. The second-order valence-corrected chi connectivity index (χ2v) is 15.3. The molecule has 6 rings (SSSR count). The van der Waals surface area contributed by atoms with Gasteiger partial charge in [-0.25, -0.2) is 13.1 Å². The molecule has 0 spiro atoms. The van der Waals surface area contributed by atoms with E-state index in [-0.39, 0.29) is 35.4 Å². The van der Waals surface area contributed by atoms with Gasteiger partial charge in [-0.05, 0) is 122 Å². The van der Waals surface area contributed by atoms with Crippen LogP contribution in [0.4, 0.5) is 18.9 Å². The number of H-pyrrole nitrogens is 1. The van der Waals surface area contributed by atoms with Gasteiger partial charge in [0.1, 0.15) is 6.04 Å². The summed E-state index contributed by atoms with van der Waals surface area (Å²) in [5, 5.41) is 22.7. The number of tetrazole rings is 1. The minimum atomic E-state index is -4.84. The van der Waals surface area contributed by atoms with E-state index in [9.17, 15) is 31.2 Å². The van der Waals surface area contributed by atoms with Crippen LogP contribution >= 0.6 is 0 Å². The molecule has 7 N–H and O–H groups in total. The quantitative estimate of drug-likeness (QED) is 0.124. The Balaban J connectivity index is 1.20. The first-order valence-corrected chi connectivity index (χ1v) is 19.1. The molecule has 0 bridgehead atoms. The number of carbonyl (C=O) groups excluding carboxylic acids is 2. The molecule has 1 atom stereocenters. The summed E-state index contributed by atoms with van der Waals surface area (Å²) in [7, 11) is -4.19. The first-order chi connectivity index (χ1) is 25.4. The number of amides is 2. The van der Waals surface area contributed by atoms with Crippen molar-refractivity contribution in [3.8, 4) is 22.5 Å². The maximum atomic E-state index is 14.4. The van der Waals surface area contributed by atoms with E-state index in [1.54, 1.807) is 36.4 Å². The zero-order valence-electron chi connectivity index (χ0n) is 28.8. The fraction of sp³-hybridized carbons (Fsp3) is 0.417. The Morgan fingerprint density at radius 3 is 2.21 bits per heavy atom. The van der Waals surface area contributed by atoms with Crippen molar-refractivity contribution in [3.63, 3.8) is 0 Å². The van der Waals surface area contributed by atoms with Crippen LogP contribution in [0.1, 0.15) is 49.7 Å². The standard InChI is InChI=1S/C36H42F3N9O4S/c37-36(38,39)31-20-29(53(51,52)46-28-15-17-41-18-16-28)13-14-30(31)24-5-1-22(2-6-24)19-32(43-34(49)26-7-3-23(21-40)4-8-26)35(50)42-27-11-9-25(10-12-27)33-44-47-48-45-33/h1-2,5-6,9-14,20,23,26,28,32,41,46H,3-4,7-8,15-19,21,40H2,(H,42,50)(H,43,49)(H,44,45,47,48)/t23?,26?,32-/m0/s1. The van der Waals surface area contributed by atoms with Crippen molar-refractivity contribution in [2.75, 3.05) is 25.0 Å². The van der Waals surface area contributed by atoms with Gasteiger partial charge in [0.15, 0.2) is 0 Å². The minimum Gasteiger partial charge on any atom is -0.344 e. The fourth-order valence-corrected chi connectivity index (χ4v) is 8.17. The summed E-state index contributed by atoms with van der Waals surface area (Å²) in [6.07, 6.45) is -0.755. The summed E-state index contributed by atoms with van der Waals surface area (Å²) in [6, 6.07) is 14.6. The van der Waals surface area contributed by atoms with Crippen molar-refractivity contribution in [1.29, 1.82) is 0 Å². The average molecular weight is 754 g/mol. The molecular formula is C36H42F3N9O4S. The molecule has 2 amide bonds. The molecule has 4 aromatic rings. The van der Waals surface area contributed by atoms with Gasteiger partial charge in [0, 0.05) is 29.6 Å². The Morgan fingerprint density at radius 1 is 0.906 bits per heavy atom. The number of carbonyl (C=O) groups is 2. The molecule has 1 saturated heterocycles. The fourth-order valence-electron chi connectivity index (χ4n) is 6.84. The highest BCUT2D eigenvalue weighted by molar-refractivity contribution is 7.89. The molecule has 1 aromatic heterocycles. The number of halogens is 3. The molecule has 1 aliphatic heterocycles. The van der Waals surface area contributed by atoms with Gasteiger partial charge in [-0.3, -0.25) is 9.59 Å². The van der Waals surface area contributed by atoms with Crippen LogP contribution in [0.3, 0.4) is 0 Å². The van der Waals surface area contributed by atoms with Crippen LogP contribution in [0.2, 0.25) is 0 Å². The van der Waals surface area contributed by atoms with Crippen molar-refractivity contribution in [2.24, 2.45) is 17.6 Å². The first-order valence-electron chi connectivity index (χ1n) is 17.6. The van der Waals surface area contributed by atoms with E-state index in [2.05, 4.69) is 41.3 Å². The first kappa shape index (κ1) is 38.0. The van der Waals surface area contributed by atoms with Crippen LogP contribution in [0.15, 0.2) is 71.6 Å². The Labute approximate surface area is 305 Å². The number of hydrogen-bond acceptors (Lipinski definition) is 9. The van der Waals surface area contributed by atoms with Crippen LogP contribution in [-0.2, 0) is 32.2 Å². The highest BCUT2D eigenvalue weighted by Crippen LogP contribution is 2.39. The van der Waals surface area contributed by atoms with Crippen LogP contribution in [0, 0.1) is 11.8 Å². The third-order valence-corrected chi connectivity index (χ3v) is 11.4.